The molecule has 59 heavy (non-hydrogen) atoms. The first kappa shape index (κ1) is 34.6. The number of benzene rings is 9. The molecule has 0 aliphatic heterocycles. The van der Waals surface area contributed by atoms with Crippen molar-refractivity contribution in [1.29, 1.82) is 0 Å². The van der Waals surface area contributed by atoms with Gasteiger partial charge in [0.2, 0.25) is 0 Å². The second kappa shape index (κ2) is 14.4. The van der Waals surface area contributed by atoms with Crippen molar-refractivity contribution >= 4 is 28.0 Å². The summed E-state index contributed by atoms with van der Waals surface area (Å²) in [6.07, 6.45) is 0. The van der Waals surface area contributed by atoms with Gasteiger partial charge in [-0.05, 0) is 92.5 Å². The summed E-state index contributed by atoms with van der Waals surface area (Å²) in [5.74, 6) is 0.930. The Labute approximate surface area is 344 Å². The number of para-hydroxylation sites is 1. The summed E-state index contributed by atoms with van der Waals surface area (Å²) in [7, 11) is 0. The monoisotopic (exact) mass is 753 g/mol. The van der Waals surface area contributed by atoms with Gasteiger partial charge in [-0.15, -0.1) is 0 Å². The Hall–Kier alpha value is -7.68. The third-order valence-corrected chi connectivity index (χ3v) is 12.0. The first-order valence-electron chi connectivity index (χ1n) is 20.3. The summed E-state index contributed by atoms with van der Waals surface area (Å²) in [5.41, 5.74) is 16.6. The van der Waals surface area contributed by atoms with Gasteiger partial charge in [-0.2, -0.15) is 0 Å². The maximum Gasteiger partial charge on any atom is 0.141 e. The zero-order valence-electron chi connectivity index (χ0n) is 32.4. The Bertz CT molecular complexity index is 2940. The highest BCUT2D eigenvalue weighted by Crippen LogP contribution is 2.61. The van der Waals surface area contributed by atoms with Crippen molar-refractivity contribution < 1.29 is 4.42 Å². The molecule has 1 aliphatic carbocycles. The third-order valence-electron chi connectivity index (χ3n) is 12.0. The van der Waals surface area contributed by atoms with E-state index in [0.29, 0.717) is 0 Å². The van der Waals surface area contributed by atoms with E-state index in [1.807, 2.05) is 0 Å². The lowest BCUT2D eigenvalue weighted by atomic mass is 9.67. The van der Waals surface area contributed by atoms with Crippen LogP contribution in [0.4, 0.5) is 17.1 Å². The largest absolute Gasteiger partial charge is 0.456 e. The topological polar surface area (TPSA) is 16.4 Å². The summed E-state index contributed by atoms with van der Waals surface area (Å²) in [5, 5.41) is 1.13. The summed E-state index contributed by atoms with van der Waals surface area (Å²) >= 11 is 0. The third kappa shape index (κ3) is 5.72. The fourth-order valence-corrected chi connectivity index (χ4v) is 9.35. The van der Waals surface area contributed by atoms with Crippen molar-refractivity contribution in [2.24, 2.45) is 0 Å². The first-order valence-corrected chi connectivity index (χ1v) is 20.3. The summed E-state index contributed by atoms with van der Waals surface area (Å²) < 4.78 is 7.00. The van der Waals surface area contributed by atoms with E-state index in [1.54, 1.807) is 0 Å². The molecule has 0 radical (unpaired) electrons. The fraction of sp³-hybridized carbons (Fsp3) is 0.0175. The van der Waals surface area contributed by atoms with E-state index in [0.717, 1.165) is 50.5 Å². The van der Waals surface area contributed by atoms with Gasteiger partial charge >= 0.3 is 0 Å². The van der Waals surface area contributed by atoms with Gasteiger partial charge in [0.15, 0.2) is 0 Å². The second-order valence-electron chi connectivity index (χ2n) is 15.2. The van der Waals surface area contributed by atoms with E-state index in [-0.39, 0.29) is 0 Å². The molecule has 11 rings (SSSR count). The SMILES string of the molecule is c1ccc(-c2ccc(N(c3ccc(-c4ccccc4)cc3)c3cccc(-c4cccc5c4-c4oc6ccccc6c4C5(c4ccccc4)c4ccccc4)c3)cc2)cc1. The highest BCUT2D eigenvalue weighted by atomic mass is 16.3. The van der Waals surface area contributed by atoms with Crippen LogP contribution in [0, 0.1) is 0 Å². The molecule has 0 fully saturated rings. The van der Waals surface area contributed by atoms with Gasteiger partial charge in [0.25, 0.3) is 0 Å². The predicted molar refractivity (Wildman–Crippen MR) is 245 cm³/mol. The van der Waals surface area contributed by atoms with E-state index in [1.165, 1.54) is 44.5 Å². The number of fused-ring (bicyclic) bond motifs is 5. The molecule has 0 N–H and O–H groups in total. The molecule has 0 atom stereocenters. The Morgan fingerprint density at radius 3 is 1.41 bits per heavy atom. The number of nitrogens with zero attached hydrogens (tertiary/aromatic N) is 1. The highest BCUT2D eigenvalue weighted by Gasteiger charge is 2.50. The van der Waals surface area contributed by atoms with Crippen molar-refractivity contribution in [3.63, 3.8) is 0 Å². The highest BCUT2D eigenvalue weighted by molar-refractivity contribution is 6.02. The number of rotatable bonds is 8. The molecule has 0 saturated heterocycles. The standard InChI is InChI=1S/C57H39NO/c1-5-17-40(18-6-1)42-31-35-47(36-32-42)58(48-37-33-43(34-38-48)41-19-7-2-8-20-41)49-26-15-21-44(39-49)50-28-16-29-52-54(50)56-55(51-27-13-14-30-53(51)59-56)57(52,45-22-9-3-10-23-45)46-24-11-4-12-25-46/h1-39H. The summed E-state index contributed by atoms with van der Waals surface area (Å²) in [4.78, 5) is 2.36. The molecular weight excluding hydrogens is 715 g/mol. The van der Waals surface area contributed by atoms with Crippen LogP contribution < -0.4 is 4.90 Å². The van der Waals surface area contributed by atoms with Crippen LogP contribution >= 0.6 is 0 Å². The van der Waals surface area contributed by atoms with E-state index >= 15 is 0 Å². The minimum atomic E-state index is -0.583. The quantitative estimate of drug-likeness (QED) is 0.154. The normalized spacial score (nSPS) is 12.5. The van der Waals surface area contributed by atoms with Gasteiger partial charge in [0, 0.05) is 33.6 Å². The van der Waals surface area contributed by atoms with Crippen molar-refractivity contribution in [1.82, 2.24) is 0 Å². The molecule has 0 bridgehead atoms. The van der Waals surface area contributed by atoms with Crippen molar-refractivity contribution in [2.45, 2.75) is 5.41 Å². The van der Waals surface area contributed by atoms with Crippen LogP contribution in [0.15, 0.2) is 241 Å². The van der Waals surface area contributed by atoms with Gasteiger partial charge in [-0.3, -0.25) is 0 Å². The van der Waals surface area contributed by atoms with Crippen LogP contribution in [-0.4, -0.2) is 0 Å². The molecule has 1 aliphatic rings. The Kier molecular flexibility index (Phi) is 8.41. The molecule has 10 aromatic rings. The Balaban J connectivity index is 1.11. The van der Waals surface area contributed by atoms with E-state index < -0.39 is 5.41 Å². The first-order chi connectivity index (χ1) is 29.3. The van der Waals surface area contributed by atoms with Crippen LogP contribution in [-0.2, 0) is 5.41 Å². The maximum absolute atomic E-state index is 7.00. The molecule has 2 heteroatoms. The lowest BCUT2D eigenvalue weighted by molar-refractivity contribution is 0.628. The zero-order valence-corrected chi connectivity index (χ0v) is 32.4. The van der Waals surface area contributed by atoms with E-state index in [9.17, 15) is 0 Å². The maximum atomic E-state index is 7.00. The molecule has 1 aromatic heterocycles. The van der Waals surface area contributed by atoms with E-state index in [4.69, 9.17) is 4.42 Å². The van der Waals surface area contributed by atoms with Crippen LogP contribution in [0.1, 0.15) is 22.3 Å². The van der Waals surface area contributed by atoms with Gasteiger partial charge in [0.05, 0.1) is 5.41 Å². The van der Waals surface area contributed by atoms with Gasteiger partial charge in [-0.25, -0.2) is 0 Å². The lowest BCUT2D eigenvalue weighted by Crippen LogP contribution is -2.28. The van der Waals surface area contributed by atoms with Crippen LogP contribution in [0.25, 0.3) is 55.7 Å². The van der Waals surface area contributed by atoms with Crippen LogP contribution in [0.5, 0.6) is 0 Å². The van der Waals surface area contributed by atoms with Crippen LogP contribution in [0.2, 0.25) is 0 Å². The number of hydrogen-bond donors (Lipinski definition) is 0. The molecule has 278 valence electrons. The summed E-state index contributed by atoms with van der Waals surface area (Å²) in [6, 6.07) is 85.1. The Morgan fingerprint density at radius 1 is 0.356 bits per heavy atom. The molecule has 9 aromatic carbocycles. The smallest absolute Gasteiger partial charge is 0.141 e. The fourth-order valence-electron chi connectivity index (χ4n) is 9.35. The minimum Gasteiger partial charge on any atom is -0.456 e. The average Bonchev–Trinajstić information content (AvgIpc) is 3.84. The van der Waals surface area contributed by atoms with Crippen molar-refractivity contribution in [3.8, 4) is 44.7 Å². The number of furan rings is 1. The molecule has 2 nitrogen and oxygen atoms in total. The average molecular weight is 754 g/mol. The van der Waals surface area contributed by atoms with Crippen molar-refractivity contribution in [2.75, 3.05) is 4.90 Å². The molecular formula is C57H39NO. The van der Waals surface area contributed by atoms with Gasteiger partial charge in [0.1, 0.15) is 11.3 Å². The minimum absolute atomic E-state index is 0.583. The second-order valence-corrected chi connectivity index (χ2v) is 15.2. The van der Waals surface area contributed by atoms with Crippen LogP contribution in [0.3, 0.4) is 0 Å². The number of anilines is 3. The van der Waals surface area contributed by atoms with Crippen molar-refractivity contribution in [3.05, 3.63) is 259 Å². The van der Waals surface area contributed by atoms with Gasteiger partial charge < -0.3 is 9.32 Å². The van der Waals surface area contributed by atoms with Gasteiger partial charge in [-0.1, -0.05) is 194 Å². The van der Waals surface area contributed by atoms with E-state index in [2.05, 4.69) is 241 Å². The summed E-state index contributed by atoms with van der Waals surface area (Å²) in [6.45, 7) is 0. The Morgan fingerprint density at radius 2 is 0.831 bits per heavy atom. The zero-order chi connectivity index (χ0) is 39.2. The molecule has 1 heterocycles. The molecule has 0 saturated carbocycles. The predicted octanol–water partition coefficient (Wildman–Crippen LogP) is 15.3. The lowest BCUT2D eigenvalue weighted by Gasteiger charge is -2.33. The molecule has 0 unspecified atom stereocenters. The molecule has 0 spiro atoms. The molecule has 0 amide bonds. The number of hydrogen-bond acceptors (Lipinski definition) is 2.